The molecular weight excluding hydrogens is 343 g/mol. The molecule has 0 bridgehead atoms. The van der Waals surface area contributed by atoms with Gasteiger partial charge in [-0.3, -0.25) is 4.57 Å². The summed E-state index contributed by atoms with van der Waals surface area (Å²) in [5.41, 5.74) is 0. The summed E-state index contributed by atoms with van der Waals surface area (Å²) >= 11 is 0. The van der Waals surface area contributed by atoms with Gasteiger partial charge in [-0.25, -0.2) is 0 Å². The second-order valence-electron chi connectivity index (χ2n) is 7.48. The van der Waals surface area contributed by atoms with Crippen LogP contribution in [0.15, 0.2) is 0 Å². The lowest BCUT2D eigenvalue weighted by molar-refractivity contribution is 0.209. The van der Waals surface area contributed by atoms with Crippen molar-refractivity contribution < 1.29 is 13.6 Å². The summed E-state index contributed by atoms with van der Waals surface area (Å²) in [5, 5.41) is 0. The number of unbranched alkanes of at least 4 members (excludes halogenated alkanes) is 15. The molecule has 158 valence electrons. The van der Waals surface area contributed by atoms with Crippen molar-refractivity contribution in [1.82, 2.24) is 0 Å². The van der Waals surface area contributed by atoms with Crippen LogP contribution in [0.5, 0.6) is 0 Å². The fourth-order valence-electron chi connectivity index (χ4n) is 3.27. The van der Waals surface area contributed by atoms with Gasteiger partial charge in [0.15, 0.2) is 0 Å². The molecule has 0 aliphatic carbocycles. The maximum Gasteiger partial charge on any atom is 0.330 e. The monoisotopic (exact) mass is 390 g/mol. The number of hydrogen-bond donors (Lipinski definition) is 0. The average molecular weight is 391 g/mol. The average Bonchev–Trinajstić information content (AvgIpc) is 2.64. The second-order valence-corrected chi connectivity index (χ2v) is 9.85. The van der Waals surface area contributed by atoms with Gasteiger partial charge in [0.2, 0.25) is 0 Å². The van der Waals surface area contributed by atoms with Crippen LogP contribution in [0.2, 0.25) is 0 Å². The summed E-state index contributed by atoms with van der Waals surface area (Å²) in [6, 6.07) is 0. The van der Waals surface area contributed by atoms with Crippen molar-refractivity contribution in [2.24, 2.45) is 0 Å². The predicted octanol–water partition coefficient (Wildman–Crippen LogP) is 8.51. The van der Waals surface area contributed by atoms with E-state index in [1.807, 2.05) is 13.8 Å². The molecule has 0 heterocycles. The molecule has 3 nitrogen and oxygen atoms in total. The standard InChI is InChI=1S/C22H47O3P/c1-4-7-8-9-10-11-12-13-14-15-16-17-18-19-20-21-22-25-26(23,6-3)24-5-2/h4-22H2,1-3H3. The van der Waals surface area contributed by atoms with Crippen LogP contribution in [0.3, 0.4) is 0 Å². The van der Waals surface area contributed by atoms with E-state index in [0.717, 1.165) is 6.42 Å². The Labute approximate surface area is 164 Å². The second kappa shape index (κ2) is 19.9. The molecule has 0 aliphatic rings. The van der Waals surface area contributed by atoms with E-state index in [1.165, 1.54) is 96.3 Å². The fraction of sp³-hybridized carbons (Fsp3) is 1.00. The highest BCUT2D eigenvalue weighted by atomic mass is 31.2. The predicted molar refractivity (Wildman–Crippen MR) is 115 cm³/mol. The minimum absolute atomic E-state index is 0.462. The molecule has 1 unspecified atom stereocenters. The normalized spacial score (nSPS) is 13.8. The van der Waals surface area contributed by atoms with Crippen molar-refractivity contribution in [1.29, 1.82) is 0 Å². The Morgan fingerprint density at radius 1 is 0.538 bits per heavy atom. The van der Waals surface area contributed by atoms with Crippen molar-refractivity contribution in [2.75, 3.05) is 19.4 Å². The van der Waals surface area contributed by atoms with Gasteiger partial charge in [-0.05, 0) is 13.3 Å². The van der Waals surface area contributed by atoms with Gasteiger partial charge in [0.25, 0.3) is 0 Å². The van der Waals surface area contributed by atoms with Crippen LogP contribution < -0.4 is 0 Å². The number of rotatable bonds is 21. The van der Waals surface area contributed by atoms with Gasteiger partial charge in [-0.15, -0.1) is 0 Å². The lowest BCUT2D eigenvalue weighted by Gasteiger charge is -2.15. The molecule has 26 heavy (non-hydrogen) atoms. The maximum absolute atomic E-state index is 12.1. The van der Waals surface area contributed by atoms with E-state index in [2.05, 4.69) is 6.92 Å². The molecule has 0 saturated carbocycles. The molecule has 0 saturated heterocycles. The summed E-state index contributed by atoms with van der Waals surface area (Å²) in [6.45, 7) is 7.04. The quantitative estimate of drug-likeness (QED) is 0.145. The minimum Gasteiger partial charge on any atom is -0.309 e. The topological polar surface area (TPSA) is 35.5 Å². The molecular formula is C22H47O3P. The molecule has 4 heteroatoms. The van der Waals surface area contributed by atoms with Crippen molar-refractivity contribution >= 4 is 7.60 Å². The summed E-state index contributed by atoms with van der Waals surface area (Å²) in [4.78, 5) is 0. The van der Waals surface area contributed by atoms with E-state index in [0.29, 0.717) is 19.4 Å². The van der Waals surface area contributed by atoms with Gasteiger partial charge in [0, 0.05) is 6.16 Å². The highest BCUT2D eigenvalue weighted by molar-refractivity contribution is 7.53. The first-order valence-electron chi connectivity index (χ1n) is 11.6. The molecule has 0 N–H and O–H groups in total. The summed E-state index contributed by atoms with van der Waals surface area (Å²) in [5.74, 6) is 0. The molecule has 0 spiro atoms. The van der Waals surface area contributed by atoms with Gasteiger partial charge < -0.3 is 9.05 Å². The largest absolute Gasteiger partial charge is 0.330 e. The van der Waals surface area contributed by atoms with Crippen LogP contribution in [0.25, 0.3) is 0 Å². The Balaban J connectivity index is 3.19. The smallest absolute Gasteiger partial charge is 0.309 e. The molecule has 1 atom stereocenters. The Bertz CT molecular complexity index is 321. The van der Waals surface area contributed by atoms with Crippen LogP contribution in [0.1, 0.15) is 124 Å². The van der Waals surface area contributed by atoms with Crippen molar-refractivity contribution in [3.05, 3.63) is 0 Å². The SMILES string of the molecule is CCCCCCCCCCCCCCCCCCOP(=O)(CC)OCC. The zero-order valence-corrected chi connectivity index (χ0v) is 19.0. The first-order valence-corrected chi connectivity index (χ1v) is 13.3. The van der Waals surface area contributed by atoms with Gasteiger partial charge in [0.05, 0.1) is 13.2 Å². The van der Waals surface area contributed by atoms with Crippen LogP contribution in [-0.2, 0) is 13.6 Å². The van der Waals surface area contributed by atoms with E-state index in [1.54, 1.807) is 0 Å². The number of hydrogen-bond acceptors (Lipinski definition) is 3. The molecule has 0 aromatic heterocycles. The van der Waals surface area contributed by atoms with Crippen molar-refractivity contribution in [3.63, 3.8) is 0 Å². The lowest BCUT2D eigenvalue weighted by atomic mass is 10.0. The van der Waals surface area contributed by atoms with Gasteiger partial charge in [-0.2, -0.15) is 0 Å². The lowest BCUT2D eigenvalue weighted by Crippen LogP contribution is -1.99. The minimum atomic E-state index is -2.79. The van der Waals surface area contributed by atoms with Crippen molar-refractivity contribution in [3.8, 4) is 0 Å². The first kappa shape index (κ1) is 26.1. The van der Waals surface area contributed by atoms with Crippen molar-refractivity contribution in [2.45, 2.75) is 124 Å². The zero-order chi connectivity index (χ0) is 19.3. The molecule has 0 radical (unpaired) electrons. The molecule has 0 aliphatic heterocycles. The van der Waals surface area contributed by atoms with E-state index in [-0.39, 0.29) is 0 Å². The third-order valence-electron chi connectivity index (χ3n) is 5.00. The highest BCUT2D eigenvalue weighted by Gasteiger charge is 2.20. The maximum atomic E-state index is 12.1. The molecule has 0 rings (SSSR count). The third kappa shape index (κ3) is 17.6. The molecule has 0 amide bonds. The summed E-state index contributed by atoms with van der Waals surface area (Å²) < 4.78 is 22.8. The van der Waals surface area contributed by atoms with Crippen LogP contribution in [0, 0.1) is 0 Å². The van der Waals surface area contributed by atoms with Gasteiger partial charge >= 0.3 is 7.60 Å². The Hall–Kier alpha value is 0.150. The fourth-order valence-corrected chi connectivity index (χ4v) is 4.51. The van der Waals surface area contributed by atoms with Gasteiger partial charge in [-0.1, -0.05) is 110 Å². The van der Waals surface area contributed by atoms with Crippen LogP contribution >= 0.6 is 7.60 Å². The molecule has 0 aromatic carbocycles. The van der Waals surface area contributed by atoms with E-state index < -0.39 is 7.60 Å². The Morgan fingerprint density at radius 3 is 1.27 bits per heavy atom. The highest BCUT2D eigenvalue weighted by Crippen LogP contribution is 2.47. The summed E-state index contributed by atoms with van der Waals surface area (Å²) in [7, 11) is -2.79. The van der Waals surface area contributed by atoms with E-state index >= 15 is 0 Å². The Kier molecular flexibility index (Phi) is 20.0. The molecule has 0 fully saturated rings. The van der Waals surface area contributed by atoms with Crippen LogP contribution in [-0.4, -0.2) is 19.4 Å². The van der Waals surface area contributed by atoms with Gasteiger partial charge in [0.1, 0.15) is 0 Å². The Morgan fingerprint density at radius 2 is 0.923 bits per heavy atom. The summed E-state index contributed by atoms with van der Waals surface area (Å²) in [6.07, 6.45) is 22.2. The molecule has 0 aromatic rings. The third-order valence-corrected chi connectivity index (χ3v) is 7.00. The van der Waals surface area contributed by atoms with E-state index in [4.69, 9.17) is 9.05 Å². The van der Waals surface area contributed by atoms with Crippen LogP contribution in [0.4, 0.5) is 0 Å². The zero-order valence-electron chi connectivity index (χ0n) is 18.1. The van der Waals surface area contributed by atoms with E-state index in [9.17, 15) is 4.57 Å². The first-order chi connectivity index (χ1) is 12.7.